The summed E-state index contributed by atoms with van der Waals surface area (Å²) in [5.41, 5.74) is 3.95. The number of hydrogen-bond donors (Lipinski definition) is 0. The van der Waals surface area contributed by atoms with Crippen LogP contribution >= 0.6 is 0 Å². The predicted molar refractivity (Wildman–Crippen MR) is 90.7 cm³/mol. The minimum absolute atomic E-state index is 0.149. The minimum Gasteiger partial charge on any atom is -0.364 e. The van der Waals surface area contributed by atoms with Gasteiger partial charge in [-0.2, -0.15) is 5.26 Å². The first-order valence-corrected chi connectivity index (χ1v) is 7.57. The maximum Gasteiger partial charge on any atom is 0.108 e. The van der Waals surface area contributed by atoms with Gasteiger partial charge in [0.2, 0.25) is 0 Å². The van der Waals surface area contributed by atoms with Gasteiger partial charge in [0.05, 0.1) is 18.2 Å². The Bertz CT molecular complexity index is 774. The fraction of sp³-hybridized carbons (Fsp3) is 0.0952. The number of nitrogens with zero attached hydrogens (tertiary/aromatic N) is 1. The highest BCUT2D eigenvalue weighted by atomic mass is 16.5. The molecule has 0 aromatic heterocycles. The second-order valence-corrected chi connectivity index (χ2v) is 5.32. The Balaban J connectivity index is 1.86. The molecular weight excluding hydrogens is 282 g/mol. The molecule has 112 valence electrons. The molecule has 2 heteroatoms. The summed E-state index contributed by atoms with van der Waals surface area (Å²) < 4.78 is 6.19. The van der Waals surface area contributed by atoms with Gasteiger partial charge in [0, 0.05) is 0 Å². The minimum atomic E-state index is -0.149. The van der Waals surface area contributed by atoms with Crippen molar-refractivity contribution in [1.29, 1.82) is 5.26 Å². The Labute approximate surface area is 136 Å². The molecule has 0 N–H and O–H groups in total. The second-order valence-electron chi connectivity index (χ2n) is 5.32. The molecule has 3 rings (SSSR count). The predicted octanol–water partition coefficient (Wildman–Crippen LogP) is 4.86. The van der Waals surface area contributed by atoms with Crippen LogP contribution in [0.2, 0.25) is 0 Å². The molecule has 0 aliphatic heterocycles. The SMILES string of the molecule is N#Cc1ccc(C(OCc2ccccc2)c2ccccc2)cc1. The molecular formula is C21H17NO. The van der Waals surface area contributed by atoms with Gasteiger partial charge in [-0.05, 0) is 28.8 Å². The molecule has 23 heavy (non-hydrogen) atoms. The first-order valence-electron chi connectivity index (χ1n) is 7.57. The highest BCUT2D eigenvalue weighted by molar-refractivity contribution is 5.36. The molecule has 0 saturated heterocycles. The zero-order valence-electron chi connectivity index (χ0n) is 12.7. The number of ether oxygens (including phenoxy) is 1. The van der Waals surface area contributed by atoms with Crippen LogP contribution < -0.4 is 0 Å². The maximum absolute atomic E-state index is 8.95. The molecule has 0 aliphatic rings. The Morgan fingerprint density at radius 1 is 0.739 bits per heavy atom. The fourth-order valence-electron chi connectivity index (χ4n) is 2.50. The van der Waals surface area contributed by atoms with E-state index in [4.69, 9.17) is 10.00 Å². The van der Waals surface area contributed by atoms with Crippen molar-refractivity contribution in [3.8, 4) is 6.07 Å². The van der Waals surface area contributed by atoms with Crippen LogP contribution in [0.3, 0.4) is 0 Å². The standard InChI is InChI=1S/C21H17NO/c22-15-17-11-13-20(14-12-17)21(19-9-5-2-6-10-19)23-16-18-7-3-1-4-8-18/h1-14,21H,16H2. The van der Waals surface area contributed by atoms with E-state index in [1.54, 1.807) is 0 Å². The Hall–Kier alpha value is -2.89. The third-order valence-corrected chi connectivity index (χ3v) is 3.70. The van der Waals surface area contributed by atoms with Crippen LogP contribution in [0.25, 0.3) is 0 Å². The molecule has 0 spiro atoms. The topological polar surface area (TPSA) is 33.0 Å². The van der Waals surface area contributed by atoms with Crippen LogP contribution in [0.1, 0.15) is 28.4 Å². The van der Waals surface area contributed by atoms with Crippen molar-refractivity contribution in [3.63, 3.8) is 0 Å². The van der Waals surface area contributed by atoms with E-state index in [2.05, 4.69) is 30.3 Å². The third-order valence-electron chi connectivity index (χ3n) is 3.70. The van der Waals surface area contributed by atoms with E-state index in [1.165, 1.54) is 0 Å². The van der Waals surface area contributed by atoms with E-state index < -0.39 is 0 Å². The lowest BCUT2D eigenvalue weighted by Crippen LogP contribution is -2.06. The molecule has 0 saturated carbocycles. The quantitative estimate of drug-likeness (QED) is 0.673. The molecule has 0 fully saturated rings. The second kappa shape index (κ2) is 7.40. The normalized spacial score (nSPS) is 11.6. The van der Waals surface area contributed by atoms with E-state index in [1.807, 2.05) is 60.7 Å². The lowest BCUT2D eigenvalue weighted by molar-refractivity contribution is 0.0667. The molecule has 0 bridgehead atoms. The van der Waals surface area contributed by atoms with Gasteiger partial charge in [-0.15, -0.1) is 0 Å². The van der Waals surface area contributed by atoms with Crippen molar-refractivity contribution in [1.82, 2.24) is 0 Å². The van der Waals surface area contributed by atoms with Gasteiger partial charge in [0.1, 0.15) is 6.10 Å². The smallest absolute Gasteiger partial charge is 0.108 e. The van der Waals surface area contributed by atoms with Crippen molar-refractivity contribution in [2.45, 2.75) is 12.7 Å². The van der Waals surface area contributed by atoms with Gasteiger partial charge < -0.3 is 4.74 Å². The van der Waals surface area contributed by atoms with E-state index in [-0.39, 0.29) is 6.10 Å². The summed E-state index contributed by atoms with van der Waals surface area (Å²) in [6, 6.07) is 30.0. The Kier molecular flexibility index (Phi) is 4.83. The van der Waals surface area contributed by atoms with Gasteiger partial charge >= 0.3 is 0 Å². The summed E-state index contributed by atoms with van der Waals surface area (Å²) in [6.07, 6.45) is -0.149. The average Bonchev–Trinajstić information content (AvgIpc) is 2.64. The molecule has 1 unspecified atom stereocenters. The number of nitriles is 1. The van der Waals surface area contributed by atoms with Gasteiger partial charge in [-0.25, -0.2) is 0 Å². The highest BCUT2D eigenvalue weighted by Crippen LogP contribution is 2.27. The zero-order valence-corrected chi connectivity index (χ0v) is 12.7. The van der Waals surface area contributed by atoms with Crippen molar-refractivity contribution < 1.29 is 4.74 Å². The summed E-state index contributed by atoms with van der Waals surface area (Å²) in [4.78, 5) is 0. The summed E-state index contributed by atoms with van der Waals surface area (Å²) in [5, 5.41) is 8.95. The summed E-state index contributed by atoms with van der Waals surface area (Å²) in [5.74, 6) is 0. The lowest BCUT2D eigenvalue weighted by atomic mass is 10.0. The molecule has 0 aliphatic carbocycles. The summed E-state index contributed by atoms with van der Waals surface area (Å²) in [7, 11) is 0. The van der Waals surface area contributed by atoms with Gasteiger partial charge in [-0.3, -0.25) is 0 Å². The Morgan fingerprint density at radius 3 is 1.91 bits per heavy atom. The van der Waals surface area contributed by atoms with Crippen LogP contribution in [-0.2, 0) is 11.3 Å². The molecule has 1 atom stereocenters. The Morgan fingerprint density at radius 2 is 1.30 bits per heavy atom. The fourth-order valence-corrected chi connectivity index (χ4v) is 2.50. The van der Waals surface area contributed by atoms with E-state index >= 15 is 0 Å². The molecule has 0 amide bonds. The molecule has 3 aromatic carbocycles. The van der Waals surface area contributed by atoms with Crippen molar-refractivity contribution in [3.05, 3.63) is 107 Å². The molecule has 3 aromatic rings. The summed E-state index contributed by atoms with van der Waals surface area (Å²) >= 11 is 0. The first kappa shape index (κ1) is 15.0. The number of benzene rings is 3. The third kappa shape index (κ3) is 3.85. The van der Waals surface area contributed by atoms with Crippen LogP contribution in [0.4, 0.5) is 0 Å². The van der Waals surface area contributed by atoms with Crippen molar-refractivity contribution >= 4 is 0 Å². The number of rotatable bonds is 5. The van der Waals surface area contributed by atoms with Gasteiger partial charge in [0.25, 0.3) is 0 Å². The van der Waals surface area contributed by atoms with Gasteiger partial charge in [-0.1, -0.05) is 72.8 Å². The van der Waals surface area contributed by atoms with Crippen LogP contribution in [0.15, 0.2) is 84.9 Å². The van der Waals surface area contributed by atoms with Crippen LogP contribution in [0.5, 0.6) is 0 Å². The average molecular weight is 299 g/mol. The molecule has 2 nitrogen and oxygen atoms in total. The van der Waals surface area contributed by atoms with Crippen LogP contribution in [-0.4, -0.2) is 0 Å². The number of hydrogen-bond acceptors (Lipinski definition) is 2. The van der Waals surface area contributed by atoms with E-state index in [9.17, 15) is 0 Å². The monoisotopic (exact) mass is 299 g/mol. The maximum atomic E-state index is 8.95. The lowest BCUT2D eigenvalue weighted by Gasteiger charge is -2.19. The molecule has 0 radical (unpaired) electrons. The van der Waals surface area contributed by atoms with E-state index in [0.29, 0.717) is 12.2 Å². The summed E-state index contributed by atoms with van der Waals surface area (Å²) in [6.45, 7) is 0.542. The highest BCUT2D eigenvalue weighted by Gasteiger charge is 2.14. The van der Waals surface area contributed by atoms with Gasteiger partial charge in [0.15, 0.2) is 0 Å². The van der Waals surface area contributed by atoms with Crippen molar-refractivity contribution in [2.24, 2.45) is 0 Å². The van der Waals surface area contributed by atoms with Crippen LogP contribution in [0, 0.1) is 11.3 Å². The first-order chi connectivity index (χ1) is 11.4. The van der Waals surface area contributed by atoms with E-state index in [0.717, 1.165) is 16.7 Å². The largest absolute Gasteiger partial charge is 0.364 e. The van der Waals surface area contributed by atoms with Crippen molar-refractivity contribution in [2.75, 3.05) is 0 Å². The molecule has 0 heterocycles. The zero-order chi connectivity index (χ0) is 15.9.